The van der Waals surface area contributed by atoms with Crippen LogP contribution in [0.25, 0.3) is 20.5 Å². The predicted octanol–water partition coefficient (Wildman–Crippen LogP) is 8.53. The van der Waals surface area contributed by atoms with Crippen LogP contribution in [-0.4, -0.2) is 18.4 Å². The van der Waals surface area contributed by atoms with Gasteiger partial charge in [0.05, 0.1) is 0 Å². The fourth-order valence-electron chi connectivity index (χ4n) is 3.77. The van der Waals surface area contributed by atoms with Gasteiger partial charge in [0.2, 0.25) is 0 Å². The van der Waals surface area contributed by atoms with E-state index < -0.39 is 18.4 Å². The summed E-state index contributed by atoms with van der Waals surface area (Å²) < 4.78 is 3.10. The van der Waals surface area contributed by atoms with E-state index in [9.17, 15) is 0 Å². The van der Waals surface area contributed by atoms with E-state index in [2.05, 4.69) is 59.9 Å². The van der Waals surface area contributed by atoms with E-state index in [1.54, 1.807) is 2.89 Å². The Morgan fingerprint density at radius 1 is 1.07 bits per heavy atom. The number of rotatable bonds is 8. The number of thiol groups is 1. The van der Waals surface area contributed by atoms with Gasteiger partial charge in [0.15, 0.2) is 0 Å². The van der Waals surface area contributed by atoms with Crippen molar-refractivity contribution in [1.29, 1.82) is 0 Å². The quantitative estimate of drug-likeness (QED) is 0.216. The molecule has 0 spiro atoms. The topological polar surface area (TPSA) is 0 Å². The molecule has 0 saturated heterocycles. The molecule has 2 aromatic heterocycles. The molecule has 0 radical (unpaired) electrons. The van der Waals surface area contributed by atoms with Gasteiger partial charge in [0, 0.05) is 0 Å². The first-order chi connectivity index (χ1) is 13.2. The van der Waals surface area contributed by atoms with Crippen molar-refractivity contribution in [1.82, 2.24) is 0 Å². The first kappa shape index (κ1) is 22.7. The molecule has 0 amide bonds. The van der Waals surface area contributed by atoms with E-state index in [0.717, 1.165) is 10.8 Å². The van der Waals surface area contributed by atoms with Crippen LogP contribution >= 0.6 is 35.3 Å². The molecule has 3 aromatic rings. The second-order valence-electron chi connectivity index (χ2n) is 9.08. The number of hydrogen-bond donors (Lipinski definition) is 1. The zero-order valence-electron chi connectivity index (χ0n) is 18.2. The maximum atomic E-state index is 4.95. The Morgan fingerprint density at radius 3 is 2.46 bits per heavy atom. The van der Waals surface area contributed by atoms with Gasteiger partial charge in [-0.25, -0.2) is 0 Å². The summed E-state index contributed by atoms with van der Waals surface area (Å²) in [4.78, 5) is 11.6. The van der Waals surface area contributed by atoms with E-state index in [4.69, 9.17) is 12.6 Å². The van der Waals surface area contributed by atoms with Crippen LogP contribution in [0.1, 0.15) is 50.0 Å². The molecule has 0 aliphatic rings. The molecule has 4 heteroatoms. The van der Waals surface area contributed by atoms with Crippen LogP contribution in [0.2, 0.25) is 14.8 Å². The van der Waals surface area contributed by atoms with Gasteiger partial charge in [-0.2, -0.15) is 0 Å². The van der Waals surface area contributed by atoms with E-state index in [0.29, 0.717) is 0 Å². The summed E-state index contributed by atoms with van der Waals surface area (Å²) in [6.07, 6.45) is 6.53. The predicted molar refractivity (Wildman–Crippen MR) is 137 cm³/mol. The van der Waals surface area contributed by atoms with Crippen LogP contribution in [0.3, 0.4) is 0 Å². The molecule has 0 aliphatic heterocycles. The van der Waals surface area contributed by atoms with E-state index >= 15 is 0 Å². The van der Waals surface area contributed by atoms with E-state index in [1.165, 1.54) is 63.1 Å². The molecule has 2 heterocycles. The van der Waals surface area contributed by atoms with Gasteiger partial charge in [-0.3, -0.25) is 0 Å². The maximum absolute atomic E-state index is 4.95. The molecule has 1 unspecified atom stereocenters. The third-order valence-corrected chi connectivity index (χ3v) is 17.9. The summed E-state index contributed by atoms with van der Waals surface area (Å²) in [5.41, 5.74) is 2.67. The number of fused-ring (bicyclic) bond motifs is 1. The molecule has 28 heavy (non-hydrogen) atoms. The van der Waals surface area contributed by atoms with Crippen molar-refractivity contribution in [3.05, 3.63) is 34.7 Å². The summed E-state index contributed by atoms with van der Waals surface area (Å²) in [5.74, 6) is 0.821. The minimum atomic E-state index is -2.08. The van der Waals surface area contributed by atoms with Crippen LogP contribution in [0.15, 0.2) is 29.2 Å². The second kappa shape index (κ2) is 9.45. The standard InChI is InChI=1S/C21H25S3.3CH3.Sn/c1-4-6-7-15(5-2)13-16-8-9-18(24-16)20-17-10-11-23-19(17)12-14(3)21(20)22;;;;/h8-10,12,15,22H,4-7,13H2,1-3H3;3*1H3;. The second-order valence-corrected chi connectivity index (χ2v) is 27.2. The van der Waals surface area contributed by atoms with Gasteiger partial charge < -0.3 is 0 Å². The van der Waals surface area contributed by atoms with Crippen LogP contribution in [-0.2, 0) is 6.42 Å². The van der Waals surface area contributed by atoms with Crippen molar-refractivity contribution >= 4 is 66.7 Å². The van der Waals surface area contributed by atoms with Crippen molar-refractivity contribution < 1.29 is 0 Å². The van der Waals surface area contributed by atoms with Gasteiger partial charge in [-0.05, 0) is 0 Å². The summed E-state index contributed by atoms with van der Waals surface area (Å²) in [7, 11) is 0. The van der Waals surface area contributed by atoms with Gasteiger partial charge in [0.1, 0.15) is 0 Å². The van der Waals surface area contributed by atoms with Crippen molar-refractivity contribution in [2.24, 2.45) is 5.92 Å². The Kier molecular flexibility index (Phi) is 7.66. The van der Waals surface area contributed by atoms with Crippen molar-refractivity contribution in [2.75, 3.05) is 0 Å². The average Bonchev–Trinajstić information content (AvgIpc) is 3.26. The first-order valence-corrected chi connectivity index (χ1v) is 22.7. The molecule has 0 saturated carbocycles. The zero-order chi connectivity index (χ0) is 20.5. The van der Waals surface area contributed by atoms with Crippen LogP contribution < -0.4 is 2.89 Å². The van der Waals surface area contributed by atoms with E-state index in [1.807, 2.05) is 22.7 Å². The molecule has 3 rings (SSSR count). The summed E-state index contributed by atoms with van der Waals surface area (Å²) in [6, 6.07) is 9.56. The van der Waals surface area contributed by atoms with Crippen LogP contribution in [0.5, 0.6) is 0 Å². The number of unbranched alkanes of at least 4 members (excludes halogenated alkanes) is 1. The molecule has 0 bridgehead atoms. The SMILES string of the molecule is CCCCC(CC)Cc1ccc(-c2c(S)c(C)cc3s[c]([Sn]([CH3])([CH3])[CH3])cc23)s1. The molecule has 152 valence electrons. The number of thiophene rings is 2. The third kappa shape index (κ3) is 5.01. The number of benzene rings is 1. The van der Waals surface area contributed by atoms with Crippen molar-refractivity contribution in [3.8, 4) is 10.4 Å². The van der Waals surface area contributed by atoms with Gasteiger partial charge >= 0.3 is 183 Å². The molecule has 0 N–H and O–H groups in total. The van der Waals surface area contributed by atoms with Gasteiger partial charge in [-0.1, -0.05) is 6.92 Å². The van der Waals surface area contributed by atoms with Crippen LogP contribution in [0, 0.1) is 12.8 Å². The van der Waals surface area contributed by atoms with Crippen LogP contribution in [0.4, 0.5) is 0 Å². The van der Waals surface area contributed by atoms with Gasteiger partial charge in [-0.15, -0.1) is 0 Å². The zero-order valence-corrected chi connectivity index (χ0v) is 23.6. The summed E-state index contributed by atoms with van der Waals surface area (Å²) in [5, 5.41) is 1.42. The minimum absolute atomic E-state index is 0.821. The fraction of sp³-hybridized carbons (Fsp3) is 0.500. The number of aryl methyl sites for hydroxylation is 1. The molecular weight excluding hydrogens is 503 g/mol. The molecule has 0 aliphatic carbocycles. The monoisotopic (exact) mass is 538 g/mol. The molecular formula is C24H34S3Sn. The average molecular weight is 537 g/mol. The Morgan fingerprint density at radius 2 is 1.82 bits per heavy atom. The Balaban J connectivity index is 2.00. The Labute approximate surface area is 189 Å². The summed E-state index contributed by atoms with van der Waals surface area (Å²) in [6.45, 7) is 6.84. The molecule has 1 atom stereocenters. The third-order valence-electron chi connectivity index (χ3n) is 5.67. The summed E-state index contributed by atoms with van der Waals surface area (Å²) >= 11 is 6.90. The van der Waals surface area contributed by atoms with Gasteiger partial charge in [0.25, 0.3) is 0 Å². The Hall–Kier alpha value is 0.0287. The van der Waals surface area contributed by atoms with Crippen molar-refractivity contribution in [2.45, 2.75) is 72.6 Å². The van der Waals surface area contributed by atoms with E-state index in [-0.39, 0.29) is 0 Å². The Bertz CT molecular complexity index is 943. The van der Waals surface area contributed by atoms with Crippen molar-refractivity contribution in [3.63, 3.8) is 0 Å². The number of hydrogen-bond acceptors (Lipinski definition) is 3. The molecule has 0 fully saturated rings. The first-order valence-electron chi connectivity index (χ1n) is 10.6. The molecule has 0 nitrogen and oxygen atoms in total. The molecule has 1 aromatic carbocycles. The normalized spacial score (nSPS) is 13.4. The fourth-order valence-corrected chi connectivity index (χ4v) is 11.8.